The van der Waals surface area contributed by atoms with Crippen LogP contribution in [0.3, 0.4) is 0 Å². The van der Waals surface area contributed by atoms with Crippen molar-refractivity contribution in [3.8, 4) is 5.95 Å². The van der Waals surface area contributed by atoms with E-state index in [1.807, 2.05) is 33.8 Å². The Hall–Kier alpha value is -3.55. The molecule has 0 saturated heterocycles. The van der Waals surface area contributed by atoms with Gasteiger partial charge in [-0.05, 0) is 52.0 Å². The van der Waals surface area contributed by atoms with E-state index in [2.05, 4.69) is 20.4 Å². The van der Waals surface area contributed by atoms with Crippen molar-refractivity contribution in [1.82, 2.24) is 19.7 Å². The largest absolute Gasteiger partial charge is 0.478 e. The minimum Gasteiger partial charge on any atom is -0.478 e. The molecule has 0 aliphatic carbocycles. The van der Waals surface area contributed by atoms with Crippen molar-refractivity contribution in [2.45, 2.75) is 34.1 Å². The highest BCUT2D eigenvalue weighted by Gasteiger charge is 2.18. The second-order valence-electron chi connectivity index (χ2n) is 6.62. The number of amides is 1. The highest BCUT2D eigenvalue weighted by atomic mass is 16.4. The van der Waals surface area contributed by atoms with Gasteiger partial charge >= 0.3 is 5.97 Å². The Kier molecular flexibility index (Phi) is 5.21. The zero-order valence-corrected chi connectivity index (χ0v) is 16.1. The minimum absolute atomic E-state index is 0.111. The van der Waals surface area contributed by atoms with Gasteiger partial charge in [-0.2, -0.15) is 5.10 Å². The van der Waals surface area contributed by atoms with E-state index in [9.17, 15) is 9.59 Å². The van der Waals surface area contributed by atoms with Crippen molar-refractivity contribution in [3.05, 3.63) is 64.2 Å². The van der Waals surface area contributed by atoms with Crippen molar-refractivity contribution in [2.24, 2.45) is 0 Å². The summed E-state index contributed by atoms with van der Waals surface area (Å²) in [7, 11) is 0. The molecule has 2 N–H and O–H groups in total. The van der Waals surface area contributed by atoms with Crippen LogP contribution < -0.4 is 5.32 Å². The molecule has 0 bridgehead atoms. The highest BCUT2D eigenvalue weighted by Crippen LogP contribution is 2.18. The third-order valence-electron chi connectivity index (χ3n) is 4.33. The number of aromatic carboxylic acids is 1. The van der Waals surface area contributed by atoms with Crippen LogP contribution >= 0.6 is 0 Å². The molecule has 3 rings (SSSR count). The summed E-state index contributed by atoms with van der Waals surface area (Å²) in [4.78, 5) is 32.4. The Morgan fingerprint density at radius 3 is 2.39 bits per heavy atom. The highest BCUT2D eigenvalue weighted by molar-refractivity contribution is 5.95. The average Bonchev–Trinajstić information content (AvgIpc) is 2.89. The third-order valence-corrected chi connectivity index (χ3v) is 4.33. The number of nitrogens with one attached hydrogen (secondary N) is 1. The summed E-state index contributed by atoms with van der Waals surface area (Å²) in [6.07, 6.45) is 0.111. The molecule has 0 aliphatic rings. The van der Waals surface area contributed by atoms with Gasteiger partial charge in [-0.15, -0.1) is 0 Å². The van der Waals surface area contributed by atoms with Crippen LogP contribution in [0.25, 0.3) is 5.95 Å². The third kappa shape index (κ3) is 4.06. The number of aromatic nitrogens is 4. The molecule has 0 spiro atoms. The van der Waals surface area contributed by atoms with E-state index in [1.54, 1.807) is 16.8 Å². The molecule has 0 saturated carbocycles. The van der Waals surface area contributed by atoms with Gasteiger partial charge in [-0.25, -0.2) is 19.4 Å². The fourth-order valence-electron chi connectivity index (χ4n) is 3.02. The zero-order valence-electron chi connectivity index (χ0n) is 16.1. The Balaban J connectivity index is 1.83. The second-order valence-corrected chi connectivity index (χ2v) is 6.62. The molecule has 3 aromatic rings. The molecule has 0 atom stereocenters. The number of carbonyl (C=O) groups is 2. The van der Waals surface area contributed by atoms with E-state index < -0.39 is 5.97 Å². The summed E-state index contributed by atoms with van der Waals surface area (Å²) < 4.78 is 1.64. The van der Waals surface area contributed by atoms with Crippen molar-refractivity contribution in [2.75, 3.05) is 5.32 Å². The van der Waals surface area contributed by atoms with E-state index in [4.69, 9.17) is 5.11 Å². The number of carboxylic acids is 1. The standard InChI is InChI=1S/C20H21N5O3/c1-11-8-12(2)22-20(21-11)25-14(4)17(13(3)24-25)10-18(26)23-16-7-5-6-15(9-16)19(27)28/h5-9H,10H2,1-4H3,(H,23,26)(H,27,28). The van der Waals surface area contributed by atoms with E-state index in [1.165, 1.54) is 12.1 Å². The van der Waals surface area contributed by atoms with E-state index in [-0.39, 0.29) is 17.9 Å². The number of carboxylic acid groups (broad SMARTS) is 1. The maximum Gasteiger partial charge on any atom is 0.335 e. The number of hydrogen-bond donors (Lipinski definition) is 2. The van der Waals surface area contributed by atoms with Crippen LogP contribution in [0.15, 0.2) is 30.3 Å². The molecule has 0 fully saturated rings. The predicted octanol–water partition coefficient (Wildman–Crippen LogP) is 2.78. The second kappa shape index (κ2) is 7.59. The number of aryl methyl sites for hydroxylation is 3. The summed E-state index contributed by atoms with van der Waals surface area (Å²) in [6.45, 7) is 7.49. The smallest absolute Gasteiger partial charge is 0.335 e. The summed E-state index contributed by atoms with van der Waals surface area (Å²) in [6, 6.07) is 8.02. The Morgan fingerprint density at radius 1 is 1.07 bits per heavy atom. The number of anilines is 1. The molecular formula is C20H21N5O3. The van der Waals surface area contributed by atoms with Crippen LogP contribution in [0.4, 0.5) is 5.69 Å². The lowest BCUT2D eigenvalue weighted by atomic mass is 10.1. The van der Waals surface area contributed by atoms with E-state index in [0.29, 0.717) is 11.6 Å². The van der Waals surface area contributed by atoms with Gasteiger partial charge in [0.2, 0.25) is 5.91 Å². The van der Waals surface area contributed by atoms with Crippen LogP contribution in [0, 0.1) is 27.7 Å². The quantitative estimate of drug-likeness (QED) is 0.705. The van der Waals surface area contributed by atoms with Crippen molar-refractivity contribution in [3.63, 3.8) is 0 Å². The van der Waals surface area contributed by atoms with Gasteiger partial charge in [0.05, 0.1) is 17.7 Å². The summed E-state index contributed by atoms with van der Waals surface area (Å²) in [5, 5.41) is 16.3. The van der Waals surface area contributed by atoms with Gasteiger partial charge in [-0.3, -0.25) is 4.79 Å². The lowest BCUT2D eigenvalue weighted by Crippen LogP contribution is -2.16. The number of rotatable bonds is 5. The molecule has 144 valence electrons. The number of carbonyl (C=O) groups excluding carboxylic acids is 1. The fourth-order valence-corrected chi connectivity index (χ4v) is 3.02. The fraction of sp³-hybridized carbons (Fsp3) is 0.250. The molecule has 1 amide bonds. The van der Waals surface area contributed by atoms with Crippen LogP contribution in [-0.4, -0.2) is 36.7 Å². The molecule has 8 heteroatoms. The van der Waals surface area contributed by atoms with Crippen LogP contribution in [-0.2, 0) is 11.2 Å². The molecular weight excluding hydrogens is 358 g/mol. The van der Waals surface area contributed by atoms with Gasteiger partial charge in [0, 0.05) is 28.3 Å². The first-order chi connectivity index (χ1) is 13.2. The van der Waals surface area contributed by atoms with Gasteiger partial charge in [0.1, 0.15) is 0 Å². The van der Waals surface area contributed by atoms with E-state index in [0.717, 1.165) is 28.3 Å². The Labute approximate surface area is 162 Å². The molecule has 8 nitrogen and oxygen atoms in total. The first-order valence-corrected chi connectivity index (χ1v) is 8.75. The summed E-state index contributed by atoms with van der Waals surface area (Å²) in [5.41, 5.74) is 4.52. The van der Waals surface area contributed by atoms with Crippen molar-refractivity contribution < 1.29 is 14.7 Å². The predicted molar refractivity (Wildman–Crippen MR) is 104 cm³/mol. The molecule has 0 aliphatic heterocycles. The molecule has 2 aromatic heterocycles. The number of nitrogens with zero attached hydrogens (tertiary/aromatic N) is 4. The Bertz CT molecular complexity index is 1050. The van der Waals surface area contributed by atoms with Crippen molar-refractivity contribution >= 4 is 17.6 Å². The average molecular weight is 379 g/mol. The number of hydrogen-bond acceptors (Lipinski definition) is 5. The lowest BCUT2D eigenvalue weighted by Gasteiger charge is -2.07. The van der Waals surface area contributed by atoms with Crippen molar-refractivity contribution in [1.29, 1.82) is 0 Å². The summed E-state index contributed by atoms with van der Waals surface area (Å²) >= 11 is 0. The molecule has 2 heterocycles. The zero-order chi connectivity index (χ0) is 20.4. The lowest BCUT2D eigenvalue weighted by molar-refractivity contribution is -0.115. The molecule has 28 heavy (non-hydrogen) atoms. The first kappa shape index (κ1) is 19.2. The molecule has 1 aromatic carbocycles. The SMILES string of the molecule is Cc1cc(C)nc(-n2nc(C)c(CC(=O)Nc3cccc(C(=O)O)c3)c2C)n1. The van der Waals surface area contributed by atoms with Gasteiger partial charge in [0.15, 0.2) is 0 Å². The topological polar surface area (TPSA) is 110 Å². The van der Waals surface area contributed by atoms with E-state index >= 15 is 0 Å². The maximum atomic E-state index is 12.5. The van der Waals surface area contributed by atoms with Crippen LogP contribution in [0.5, 0.6) is 0 Å². The van der Waals surface area contributed by atoms with Gasteiger partial charge < -0.3 is 10.4 Å². The van der Waals surface area contributed by atoms with Gasteiger partial charge in [-0.1, -0.05) is 6.07 Å². The normalized spacial score (nSPS) is 10.7. The summed E-state index contributed by atoms with van der Waals surface area (Å²) in [5.74, 6) is -0.828. The van der Waals surface area contributed by atoms with Gasteiger partial charge in [0.25, 0.3) is 5.95 Å². The monoisotopic (exact) mass is 379 g/mol. The molecule has 0 radical (unpaired) electrons. The van der Waals surface area contributed by atoms with Crippen LogP contribution in [0.1, 0.15) is 38.7 Å². The molecule has 0 unspecified atom stereocenters. The van der Waals surface area contributed by atoms with Crippen LogP contribution in [0.2, 0.25) is 0 Å². The number of benzene rings is 1. The Morgan fingerprint density at radius 2 is 1.75 bits per heavy atom. The first-order valence-electron chi connectivity index (χ1n) is 8.75. The maximum absolute atomic E-state index is 12.5. The minimum atomic E-state index is -1.04.